The van der Waals surface area contributed by atoms with Gasteiger partial charge in [-0.25, -0.2) is 0 Å². The lowest BCUT2D eigenvalue weighted by Gasteiger charge is -2.09. The van der Waals surface area contributed by atoms with Crippen molar-refractivity contribution < 1.29 is 14.7 Å². The monoisotopic (exact) mass is 284 g/mol. The summed E-state index contributed by atoms with van der Waals surface area (Å²) in [6.07, 6.45) is 0.577. The maximum Gasteiger partial charge on any atom is 0.313 e. The lowest BCUT2D eigenvalue weighted by Crippen LogP contribution is -2.36. The summed E-state index contributed by atoms with van der Waals surface area (Å²) in [5.41, 5.74) is 0.459. The molecule has 3 N–H and O–H groups in total. The Morgan fingerprint density at radius 3 is 2.74 bits per heavy atom. The number of hydrogen-bond donors (Lipinski definition) is 3. The standard InChI is InChI=1S/C13H17ClN2O3/c1-2-11(17)6-7-15-12(18)13(19)16-10-5-3-4-9(14)8-10/h3-5,8,11,17H,2,6-7H2,1H3,(H,15,18)(H,16,19). The number of nitrogens with one attached hydrogen (secondary N) is 2. The highest BCUT2D eigenvalue weighted by atomic mass is 35.5. The van der Waals surface area contributed by atoms with Gasteiger partial charge in [0, 0.05) is 17.3 Å². The molecular formula is C13H17ClN2O3. The second-order valence-electron chi connectivity index (χ2n) is 4.07. The van der Waals surface area contributed by atoms with Crippen LogP contribution >= 0.6 is 11.6 Å². The number of amides is 2. The third-order valence-corrected chi connectivity index (χ3v) is 2.76. The third-order valence-electron chi connectivity index (χ3n) is 2.52. The summed E-state index contributed by atoms with van der Waals surface area (Å²) in [7, 11) is 0. The van der Waals surface area contributed by atoms with Crippen molar-refractivity contribution >= 4 is 29.1 Å². The maximum absolute atomic E-state index is 11.5. The quantitative estimate of drug-likeness (QED) is 0.718. The Kier molecular flexibility index (Phi) is 6.32. The van der Waals surface area contributed by atoms with E-state index in [1.165, 1.54) is 0 Å². The van der Waals surface area contributed by atoms with E-state index in [-0.39, 0.29) is 6.54 Å². The summed E-state index contributed by atoms with van der Waals surface area (Å²) < 4.78 is 0. The van der Waals surface area contributed by atoms with Crippen LogP contribution in [-0.4, -0.2) is 29.6 Å². The van der Waals surface area contributed by atoms with Gasteiger partial charge in [-0.15, -0.1) is 0 Å². The summed E-state index contributed by atoms with van der Waals surface area (Å²) >= 11 is 5.76. The summed E-state index contributed by atoms with van der Waals surface area (Å²) in [5, 5.41) is 14.7. The lowest BCUT2D eigenvalue weighted by molar-refractivity contribution is -0.136. The minimum atomic E-state index is -0.756. The van der Waals surface area contributed by atoms with Crippen LogP contribution in [0.25, 0.3) is 0 Å². The van der Waals surface area contributed by atoms with Crippen molar-refractivity contribution in [3.63, 3.8) is 0 Å². The first-order valence-corrected chi connectivity index (χ1v) is 6.43. The number of aliphatic hydroxyl groups is 1. The molecular weight excluding hydrogens is 268 g/mol. The zero-order valence-corrected chi connectivity index (χ0v) is 11.4. The molecule has 2 amide bonds. The number of aliphatic hydroxyl groups excluding tert-OH is 1. The number of carbonyl (C=O) groups excluding carboxylic acids is 2. The zero-order chi connectivity index (χ0) is 14.3. The average molecular weight is 285 g/mol. The van der Waals surface area contributed by atoms with Crippen molar-refractivity contribution in [3.05, 3.63) is 29.3 Å². The topological polar surface area (TPSA) is 78.4 Å². The predicted molar refractivity (Wildman–Crippen MR) is 74.0 cm³/mol. The molecule has 0 fully saturated rings. The van der Waals surface area contributed by atoms with Gasteiger partial charge in [0.25, 0.3) is 0 Å². The van der Waals surface area contributed by atoms with Gasteiger partial charge >= 0.3 is 11.8 Å². The van der Waals surface area contributed by atoms with Crippen LogP contribution in [-0.2, 0) is 9.59 Å². The van der Waals surface area contributed by atoms with E-state index in [1.54, 1.807) is 24.3 Å². The van der Waals surface area contributed by atoms with E-state index >= 15 is 0 Å². The molecule has 0 spiro atoms. The molecule has 0 aliphatic carbocycles. The summed E-state index contributed by atoms with van der Waals surface area (Å²) in [5.74, 6) is -1.49. The molecule has 1 aromatic rings. The number of carbonyl (C=O) groups is 2. The molecule has 0 radical (unpaired) electrons. The molecule has 104 valence electrons. The fourth-order valence-corrected chi connectivity index (χ4v) is 1.58. The van der Waals surface area contributed by atoms with Gasteiger partial charge in [-0.1, -0.05) is 24.6 Å². The molecule has 0 aliphatic rings. The van der Waals surface area contributed by atoms with Gasteiger partial charge < -0.3 is 15.7 Å². The highest BCUT2D eigenvalue weighted by molar-refractivity contribution is 6.39. The minimum Gasteiger partial charge on any atom is -0.393 e. The second-order valence-corrected chi connectivity index (χ2v) is 4.51. The summed E-state index contributed by atoms with van der Waals surface area (Å²) in [6, 6.07) is 6.53. The summed E-state index contributed by atoms with van der Waals surface area (Å²) in [6.45, 7) is 2.11. The molecule has 0 saturated carbocycles. The Morgan fingerprint density at radius 2 is 2.11 bits per heavy atom. The predicted octanol–water partition coefficient (Wildman–Crippen LogP) is 1.56. The van der Waals surface area contributed by atoms with E-state index in [0.29, 0.717) is 23.6 Å². The van der Waals surface area contributed by atoms with Crippen molar-refractivity contribution in [2.75, 3.05) is 11.9 Å². The van der Waals surface area contributed by atoms with Gasteiger partial charge in [-0.3, -0.25) is 9.59 Å². The number of benzene rings is 1. The molecule has 0 aliphatic heterocycles. The van der Waals surface area contributed by atoms with Crippen LogP contribution in [0.2, 0.25) is 5.02 Å². The van der Waals surface area contributed by atoms with Gasteiger partial charge in [0.15, 0.2) is 0 Å². The van der Waals surface area contributed by atoms with Crippen molar-refractivity contribution in [1.29, 1.82) is 0 Å². The van der Waals surface area contributed by atoms with Gasteiger partial charge in [0.2, 0.25) is 0 Å². The van der Waals surface area contributed by atoms with Gasteiger partial charge in [-0.2, -0.15) is 0 Å². The van der Waals surface area contributed by atoms with E-state index < -0.39 is 17.9 Å². The van der Waals surface area contributed by atoms with E-state index in [4.69, 9.17) is 11.6 Å². The van der Waals surface area contributed by atoms with E-state index in [0.717, 1.165) is 0 Å². The third kappa shape index (κ3) is 5.72. The fourth-order valence-electron chi connectivity index (χ4n) is 1.39. The number of rotatable bonds is 5. The molecule has 0 bridgehead atoms. The smallest absolute Gasteiger partial charge is 0.313 e. The first-order valence-electron chi connectivity index (χ1n) is 6.05. The van der Waals surface area contributed by atoms with E-state index in [9.17, 15) is 14.7 Å². The first-order chi connectivity index (χ1) is 9.02. The average Bonchev–Trinajstić information content (AvgIpc) is 2.38. The molecule has 19 heavy (non-hydrogen) atoms. The Hall–Kier alpha value is -1.59. The Balaban J connectivity index is 2.39. The molecule has 6 heteroatoms. The van der Waals surface area contributed by atoms with Crippen LogP contribution in [0, 0.1) is 0 Å². The molecule has 0 aromatic heterocycles. The molecule has 1 rings (SSSR count). The zero-order valence-electron chi connectivity index (χ0n) is 10.6. The van der Waals surface area contributed by atoms with Gasteiger partial charge in [-0.05, 0) is 31.0 Å². The van der Waals surface area contributed by atoms with Crippen LogP contribution in [0.1, 0.15) is 19.8 Å². The highest BCUT2D eigenvalue weighted by Gasteiger charge is 2.13. The molecule has 5 nitrogen and oxygen atoms in total. The second kappa shape index (κ2) is 7.76. The summed E-state index contributed by atoms with van der Waals surface area (Å²) in [4.78, 5) is 23.0. The van der Waals surface area contributed by atoms with E-state index in [2.05, 4.69) is 10.6 Å². The van der Waals surface area contributed by atoms with Crippen LogP contribution in [0.5, 0.6) is 0 Å². The normalized spacial score (nSPS) is 11.7. The van der Waals surface area contributed by atoms with Crippen LogP contribution < -0.4 is 10.6 Å². The molecule has 0 heterocycles. The van der Waals surface area contributed by atoms with Crippen molar-refractivity contribution in [2.45, 2.75) is 25.9 Å². The lowest BCUT2D eigenvalue weighted by atomic mass is 10.2. The highest BCUT2D eigenvalue weighted by Crippen LogP contribution is 2.14. The number of halogens is 1. The molecule has 1 atom stereocenters. The molecule has 1 aromatic carbocycles. The van der Waals surface area contributed by atoms with Crippen LogP contribution in [0.15, 0.2) is 24.3 Å². The molecule has 0 saturated heterocycles. The number of anilines is 1. The Bertz CT molecular complexity index is 451. The Morgan fingerprint density at radius 1 is 1.37 bits per heavy atom. The SMILES string of the molecule is CCC(O)CCNC(=O)C(=O)Nc1cccc(Cl)c1. The number of hydrogen-bond acceptors (Lipinski definition) is 3. The minimum absolute atomic E-state index is 0.261. The maximum atomic E-state index is 11.5. The van der Waals surface area contributed by atoms with Gasteiger partial charge in [0.1, 0.15) is 0 Å². The Labute approximate surface area is 117 Å². The first kappa shape index (κ1) is 15.5. The van der Waals surface area contributed by atoms with Crippen LogP contribution in [0.3, 0.4) is 0 Å². The van der Waals surface area contributed by atoms with Crippen molar-refractivity contribution in [1.82, 2.24) is 5.32 Å². The van der Waals surface area contributed by atoms with Gasteiger partial charge in [0.05, 0.1) is 6.10 Å². The molecule has 1 unspecified atom stereocenters. The van der Waals surface area contributed by atoms with E-state index in [1.807, 2.05) is 6.92 Å². The fraction of sp³-hybridized carbons (Fsp3) is 0.385. The van der Waals surface area contributed by atoms with Crippen LogP contribution in [0.4, 0.5) is 5.69 Å². The van der Waals surface area contributed by atoms with Crippen molar-refractivity contribution in [2.24, 2.45) is 0 Å². The van der Waals surface area contributed by atoms with Crippen molar-refractivity contribution in [3.8, 4) is 0 Å². The largest absolute Gasteiger partial charge is 0.393 e.